The molecule has 0 aromatic carbocycles. The molecule has 0 heterocycles. The van der Waals surface area contributed by atoms with E-state index >= 15 is 0 Å². The number of carbonyl (C=O) groups is 1. The molecule has 0 saturated heterocycles. The highest BCUT2D eigenvalue weighted by Crippen LogP contribution is 2.36. The topological polar surface area (TPSA) is 26.3 Å². The summed E-state index contributed by atoms with van der Waals surface area (Å²) in [7, 11) is -1.64. The first-order valence-corrected chi connectivity index (χ1v) is 9.03. The minimum Gasteiger partial charge on any atom is -0.416 e. The van der Waals surface area contributed by atoms with Gasteiger partial charge in [-0.25, -0.2) is 0 Å². The van der Waals surface area contributed by atoms with Crippen LogP contribution in [-0.2, 0) is 9.22 Å². The molecule has 0 radical (unpaired) electrons. The van der Waals surface area contributed by atoms with Crippen molar-refractivity contribution in [3.63, 3.8) is 0 Å². The molecule has 0 aromatic rings. The highest BCUT2D eigenvalue weighted by atomic mass is 32.2. The van der Waals surface area contributed by atoms with E-state index in [1.54, 1.807) is 0 Å². The molecule has 0 fully saturated rings. The molecule has 0 atom stereocenters. The van der Waals surface area contributed by atoms with Crippen LogP contribution in [0, 0.1) is 0 Å². The quantitative estimate of drug-likeness (QED) is 0.422. The lowest BCUT2D eigenvalue weighted by Crippen LogP contribution is -2.41. The van der Waals surface area contributed by atoms with Crippen molar-refractivity contribution in [1.82, 2.24) is 0 Å². The van der Waals surface area contributed by atoms with Gasteiger partial charge in [-0.3, -0.25) is 4.79 Å². The Hall–Kier alpha value is -0.0631. The molecular formula is C11H22O2SSi. The van der Waals surface area contributed by atoms with Crippen molar-refractivity contribution in [1.29, 1.82) is 0 Å². The van der Waals surface area contributed by atoms with E-state index in [4.69, 9.17) is 4.43 Å². The Kier molecular flexibility index (Phi) is 5.84. The van der Waals surface area contributed by atoms with Crippen LogP contribution in [0.15, 0.2) is 12.7 Å². The molecule has 0 saturated carbocycles. The van der Waals surface area contributed by atoms with Crippen LogP contribution in [0.1, 0.15) is 20.8 Å². The SMILES string of the molecule is C=CC(=O)SCCO[Si](C)(C)C(C)(C)C. The number of thioether (sulfide) groups is 1. The van der Waals surface area contributed by atoms with E-state index in [-0.39, 0.29) is 10.2 Å². The van der Waals surface area contributed by atoms with Crippen molar-refractivity contribution in [2.24, 2.45) is 0 Å². The molecule has 4 heteroatoms. The van der Waals surface area contributed by atoms with Gasteiger partial charge in [0.15, 0.2) is 8.32 Å². The highest BCUT2D eigenvalue weighted by Gasteiger charge is 2.36. The van der Waals surface area contributed by atoms with Gasteiger partial charge in [-0.15, -0.1) is 0 Å². The maximum Gasteiger partial charge on any atom is 0.211 e. The van der Waals surface area contributed by atoms with E-state index in [9.17, 15) is 4.79 Å². The molecule has 0 aliphatic heterocycles. The monoisotopic (exact) mass is 246 g/mol. The van der Waals surface area contributed by atoms with Gasteiger partial charge in [-0.2, -0.15) is 0 Å². The molecule has 0 spiro atoms. The molecule has 0 unspecified atom stereocenters. The van der Waals surface area contributed by atoms with Crippen LogP contribution in [0.2, 0.25) is 18.1 Å². The van der Waals surface area contributed by atoms with E-state index in [0.29, 0.717) is 6.61 Å². The zero-order valence-electron chi connectivity index (χ0n) is 10.4. The van der Waals surface area contributed by atoms with E-state index in [1.807, 2.05) is 0 Å². The summed E-state index contributed by atoms with van der Waals surface area (Å²) < 4.78 is 5.92. The van der Waals surface area contributed by atoms with Crippen LogP contribution in [0.5, 0.6) is 0 Å². The predicted molar refractivity (Wildman–Crippen MR) is 70.8 cm³/mol. The second-order valence-electron chi connectivity index (χ2n) is 4.98. The Morgan fingerprint density at radius 1 is 1.47 bits per heavy atom. The smallest absolute Gasteiger partial charge is 0.211 e. The molecular weight excluding hydrogens is 224 g/mol. The Labute approximate surface area is 98.6 Å². The maximum atomic E-state index is 10.9. The van der Waals surface area contributed by atoms with E-state index in [0.717, 1.165) is 5.75 Å². The first-order valence-electron chi connectivity index (χ1n) is 5.14. The standard InChI is InChI=1S/C11H22O2SSi/c1-7-10(12)14-9-8-13-15(5,6)11(2,3)4/h7H,1,8-9H2,2-6H3. The van der Waals surface area contributed by atoms with Crippen LogP contribution in [-0.4, -0.2) is 25.8 Å². The van der Waals surface area contributed by atoms with Crippen molar-refractivity contribution >= 4 is 25.2 Å². The normalized spacial score (nSPS) is 12.6. The largest absolute Gasteiger partial charge is 0.416 e. The predicted octanol–water partition coefficient (Wildman–Crippen LogP) is 3.45. The van der Waals surface area contributed by atoms with Crippen LogP contribution in [0.3, 0.4) is 0 Å². The average molecular weight is 246 g/mol. The van der Waals surface area contributed by atoms with Gasteiger partial charge < -0.3 is 4.43 Å². The molecule has 2 nitrogen and oxygen atoms in total. The summed E-state index contributed by atoms with van der Waals surface area (Å²) in [5, 5.41) is 0.258. The van der Waals surface area contributed by atoms with Crippen molar-refractivity contribution in [3.8, 4) is 0 Å². The highest BCUT2D eigenvalue weighted by molar-refractivity contribution is 8.14. The lowest BCUT2D eigenvalue weighted by molar-refractivity contribution is -0.107. The van der Waals surface area contributed by atoms with Gasteiger partial charge in [0.25, 0.3) is 0 Å². The van der Waals surface area contributed by atoms with Crippen LogP contribution >= 0.6 is 11.8 Å². The molecule has 0 rings (SSSR count). The van der Waals surface area contributed by atoms with Gasteiger partial charge in [-0.05, 0) is 24.2 Å². The number of hydrogen-bond acceptors (Lipinski definition) is 3. The minimum absolute atomic E-state index is 0.0221. The van der Waals surface area contributed by atoms with E-state index < -0.39 is 8.32 Å². The Morgan fingerprint density at radius 3 is 2.40 bits per heavy atom. The van der Waals surface area contributed by atoms with Gasteiger partial charge in [0.2, 0.25) is 5.12 Å². The zero-order valence-corrected chi connectivity index (χ0v) is 12.2. The van der Waals surface area contributed by atoms with Crippen molar-refractivity contribution in [2.45, 2.75) is 38.9 Å². The number of rotatable bonds is 5. The van der Waals surface area contributed by atoms with E-state index in [1.165, 1.54) is 17.8 Å². The number of carbonyl (C=O) groups excluding carboxylic acids is 1. The summed E-state index contributed by atoms with van der Waals surface area (Å²) in [4.78, 5) is 10.9. The first-order chi connectivity index (χ1) is 6.70. The molecule has 88 valence electrons. The summed E-state index contributed by atoms with van der Waals surface area (Å²) in [6.45, 7) is 15.1. The van der Waals surface area contributed by atoms with Gasteiger partial charge in [0, 0.05) is 12.4 Å². The lowest BCUT2D eigenvalue weighted by Gasteiger charge is -2.36. The first kappa shape index (κ1) is 14.9. The van der Waals surface area contributed by atoms with Crippen molar-refractivity contribution in [2.75, 3.05) is 12.4 Å². The minimum atomic E-state index is -1.64. The molecule has 0 N–H and O–H groups in total. The second-order valence-corrected chi connectivity index (χ2v) is 10.9. The third-order valence-electron chi connectivity index (χ3n) is 2.76. The fraction of sp³-hybridized carbons (Fsp3) is 0.727. The lowest BCUT2D eigenvalue weighted by atomic mass is 10.2. The molecule has 0 aliphatic rings. The van der Waals surface area contributed by atoms with E-state index in [2.05, 4.69) is 40.4 Å². The maximum absolute atomic E-state index is 10.9. The fourth-order valence-electron chi connectivity index (χ4n) is 0.715. The van der Waals surface area contributed by atoms with Crippen LogP contribution in [0.25, 0.3) is 0 Å². The Morgan fingerprint density at radius 2 is 2.00 bits per heavy atom. The summed E-state index contributed by atoms with van der Waals surface area (Å²) >= 11 is 1.27. The average Bonchev–Trinajstić information content (AvgIpc) is 2.10. The third-order valence-corrected chi connectivity index (χ3v) is 8.12. The third kappa shape index (κ3) is 5.54. The second kappa shape index (κ2) is 5.87. The summed E-state index contributed by atoms with van der Waals surface area (Å²) in [6.07, 6.45) is 1.34. The summed E-state index contributed by atoms with van der Waals surface area (Å²) in [6, 6.07) is 0. The number of hydrogen-bond donors (Lipinski definition) is 0. The Balaban J connectivity index is 3.86. The van der Waals surface area contributed by atoms with Crippen LogP contribution < -0.4 is 0 Å². The Bertz CT molecular complexity index is 231. The fourth-order valence-corrected chi connectivity index (χ4v) is 2.39. The summed E-state index contributed by atoms with van der Waals surface area (Å²) in [5.74, 6) is 0.720. The molecule has 0 bridgehead atoms. The zero-order chi connectivity index (χ0) is 12.1. The van der Waals surface area contributed by atoms with Crippen molar-refractivity contribution in [3.05, 3.63) is 12.7 Å². The molecule has 0 aliphatic carbocycles. The van der Waals surface area contributed by atoms with Gasteiger partial charge in [0.1, 0.15) is 0 Å². The van der Waals surface area contributed by atoms with Gasteiger partial charge in [0.05, 0.1) is 0 Å². The summed E-state index contributed by atoms with van der Waals surface area (Å²) in [5.41, 5.74) is 0. The van der Waals surface area contributed by atoms with Gasteiger partial charge in [-0.1, -0.05) is 39.1 Å². The molecule has 0 amide bonds. The van der Waals surface area contributed by atoms with Crippen molar-refractivity contribution < 1.29 is 9.22 Å². The molecule has 0 aromatic heterocycles. The molecule has 15 heavy (non-hydrogen) atoms. The van der Waals surface area contributed by atoms with Gasteiger partial charge >= 0.3 is 0 Å². The van der Waals surface area contributed by atoms with Crippen LogP contribution in [0.4, 0.5) is 0 Å².